The first kappa shape index (κ1) is 25.0. The van der Waals surface area contributed by atoms with Crippen LogP contribution in [0.5, 0.6) is 0 Å². The Morgan fingerprint density at radius 3 is 2.36 bits per heavy atom. The van der Waals surface area contributed by atoms with Gasteiger partial charge in [0, 0.05) is 41.3 Å². The monoisotopic (exact) mass is 520 g/mol. The first-order valence-electron chi connectivity index (χ1n) is 13.2. The fraction of sp³-hybridized carbons (Fsp3) is 0.290. The fourth-order valence-corrected chi connectivity index (χ4v) is 6.31. The summed E-state index contributed by atoms with van der Waals surface area (Å²) in [5, 5.41) is 19.5. The van der Waals surface area contributed by atoms with Crippen LogP contribution in [0.1, 0.15) is 67.3 Å². The first-order chi connectivity index (χ1) is 18.9. The summed E-state index contributed by atoms with van der Waals surface area (Å²) in [5.41, 5.74) is 4.20. The lowest BCUT2D eigenvalue weighted by Gasteiger charge is -2.21. The summed E-state index contributed by atoms with van der Waals surface area (Å²) in [6.07, 6.45) is 5.83. The Hall–Kier alpha value is -4.32. The number of aliphatic hydroxyl groups is 1. The Morgan fingerprint density at radius 1 is 1.08 bits per heavy atom. The molecule has 1 aromatic heterocycles. The van der Waals surface area contributed by atoms with E-state index in [1.165, 1.54) is 4.90 Å². The SMILES string of the molecule is Cc1c(C(=O)CN2C3CCC2[C@@H](O)C3)cc(/C=C/CN2C(=O)c3ccccc3C2=O)n1-c1ccc(C#N)cc1. The van der Waals surface area contributed by atoms with Crippen LogP contribution >= 0.6 is 0 Å². The number of benzene rings is 2. The quantitative estimate of drug-likeness (QED) is 0.376. The van der Waals surface area contributed by atoms with E-state index in [0.29, 0.717) is 22.3 Å². The van der Waals surface area contributed by atoms with Gasteiger partial charge < -0.3 is 9.67 Å². The van der Waals surface area contributed by atoms with Gasteiger partial charge in [-0.25, -0.2) is 0 Å². The van der Waals surface area contributed by atoms with Crippen molar-refractivity contribution in [2.45, 2.75) is 44.4 Å². The predicted molar refractivity (Wildman–Crippen MR) is 145 cm³/mol. The van der Waals surface area contributed by atoms with E-state index in [9.17, 15) is 24.8 Å². The number of aliphatic hydroxyl groups excluding tert-OH is 1. The van der Waals surface area contributed by atoms with Gasteiger partial charge in [-0.2, -0.15) is 5.26 Å². The molecule has 6 rings (SSSR count). The van der Waals surface area contributed by atoms with Crippen LogP contribution in [-0.2, 0) is 0 Å². The highest BCUT2D eigenvalue weighted by molar-refractivity contribution is 6.21. The number of ketones is 1. The summed E-state index contributed by atoms with van der Waals surface area (Å²) < 4.78 is 1.95. The van der Waals surface area contributed by atoms with E-state index < -0.39 is 0 Å². The highest BCUT2D eigenvalue weighted by Crippen LogP contribution is 2.38. The number of imide groups is 1. The maximum absolute atomic E-state index is 13.5. The molecule has 2 saturated heterocycles. The Morgan fingerprint density at radius 2 is 1.77 bits per heavy atom. The maximum Gasteiger partial charge on any atom is 0.261 e. The topological polar surface area (TPSA) is 107 Å². The van der Waals surface area contributed by atoms with E-state index >= 15 is 0 Å². The second-order valence-corrected chi connectivity index (χ2v) is 10.4. The molecule has 2 aromatic carbocycles. The molecule has 3 atom stereocenters. The second kappa shape index (κ2) is 9.77. The minimum Gasteiger partial charge on any atom is -0.391 e. The van der Waals surface area contributed by atoms with Crippen LogP contribution in [0.15, 0.2) is 60.7 Å². The zero-order chi connectivity index (χ0) is 27.3. The number of carbonyl (C=O) groups is 3. The van der Waals surface area contributed by atoms with Gasteiger partial charge in [0.1, 0.15) is 0 Å². The molecule has 2 unspecified atom stereocenters. The number of nitriles is 1. The van der Waals surface area contributed by atoms with Crippen molar-refractivity contribution >= 4 is 23.7 Å². The molecule has 0 saturated carbocycles. The van der Waals surface area contributed by atoms with Crippen LogP contribution in [0.4, 0.5) is 0 Å². The van der Waals surface area contributed by atoms with Gasteiger partial charge in [0.05, 0.1) is 35.4 Å². The Labute approximate surface area is 226 Å². The number of hydrogen-bond donors (Lipinski definition) is 1. The lowest BCUT2D eigenvalue weighted by molar-refractivity contribution is 0.0671. The van der Waals surface area contributed by atoms with Crippen molar-refractivity contribution in [1.29, 1.82) is 5.26 Å². The van der Waals surface area contributed by atoms with E-state index in [0.717, 1.165) is 36.3 Å². The van der Waals surface area contributed by atoms with E-state index in [1.54, 1.807) is 42.5 Å². The van der Waals surface area contributed by atoms with Crippen molar-refractivity contribution in [1.82, 2.24) is 14.4 Å². The molecular formula is C31H28N4O4. The molecule has 3 aliphatic heterocycles. The van der Waals surface area contributed by atoms with E-state index in [2.05, 4.69) is 11.0 Å². The van der Waals surface area contributed by atoms with Crippen LogP contribution in [0.25, 0.3) is 11.8 Å². The number of aromatic nitrogens is 1. The molecule has 1 N–H and O–H groups in total. The molecular weight excluding hydrogens is 492 g/mol. The molecule has 0 aliphatic carbocycles. The van der Waals surface area contributed by atoms with Crippen LogP contribution < -0.4 is 0 Å². The maximum atomic E-state index is 13.5. The number of Topliss-reactive ketones (excluding diaryl/α,β-unsaturated/α-hetero) is 1. The molecule has 3 aromatic rings. The molecule has 2 bridgehead atoms. The zero-order valence-corrected chi connectivity index (χ0v) is 21.6. The summed E-state index contributed by atoms with van der Waals surface area (Å²) in [6.45, 7) is 2.24. The third kappa shape index (κ3) is 4.20. The molecule has 2 amide bonds. The van der Waals surface area contributed by atoms with Gasteiger partial charge in [-0.1, -0.05) is 18.2 Å². The van der Waals surface area contributed by atoms with Gasteiger partial charge in [0.15, 0.2) is 5.78 Å². The van der Waals surface area contributed by atoms with Crippen molar-refractivity contribution in [3.05, 3.63) is 94.3 Å². The summed E-state index contributed by atoms with van der Waals surface area (Å²) >= 11 is 0. The number of nitrogens with zero attached hydrogens (tertiary/aromatic N) is 4. The minimum atomic E-state index is -0.374. The Balaban J connectivity index is 1.29. The van der Waals surface area contributed by atoms with Gasteiger partial charge in [0.25, 0.3) is 11.8 Å². The van der Waals surface area contributed by atoms with Crippen molar-refractivity contribution in [2.24, 2.45) is 0 Å². The Bertz CT molecular complexity index is 1530. The van der Waals surface area contributed by atoms with Crippen LogP contribution in [-0.4, -0.2) is 68.3 Å². The van der Waals surface area contributed by atoms with Crippen molar-refractivity contribution in [3.8, 4) is 11.8 Å². The summed E-state index contributed by atoms with van der Waals surface area (Å²) in [7, 11) is 0. The molecule has 8 nitrogen and oxygen atoms in total. The minimum absolute atomic E-state index is 0.0131. The summed E-state index contributed by atoms with van der Waals surface area (Å²) in [6, 6.07) is 18.2. The number of fused-ring (bicyclic) bond motifs is 3. The largest absolute Gasteiger partial charge is 0.391 e. The molecule has 2 fully saturated rings. The van der Waals surface area contributed by atoms with E-state index in [4.69, 9.17) is 0 Å². The molecule has 0 radical (unpaired) electrons. The number of hydrogen-bond acceptors (Lipinski definition) is 6. The first-order valence-corrected chi connectivity index (χ1v) is 13.2. The Kier molecular flexibility index (Phi) is 6.26. The van der Waals surface area contributed by atoms with Gasteiger partial charge in [-0.3, -0.25) is 24.2 Å². The lowest BCUT2D eigenvalue weighted by Crippen LogP contribution is -2.36. The van der Waals surface area contributed by atoms with E-state index in [1.807, 2.05) is 35.8 Å². The summed E-state index contributed by atoms with van der Waals surface area (Å²) in [4.78, 5) is 42.4. The third-order valence-corrected chi connectivity index (χ3v) is 8.26. The van der Waals surface area contributed by atoms with Gasteiger partial charge in [0.2, 0.25) is 0 Å². The predicted octanol–water partition coefficient (Wildman–Crippen LogP) is 3.75. The van der Waals surface area contributed by atoms with Gasteiger partial charge in [-0.15, -0.1) is 0 Å². The van der Waals surface area contributed by atoms with E-state index in [-0.39, 0.29) is 48.9 Å². The average Bonchev–Trinajstić information content (AvgIpc) is 3.65. The molecule has 196 valence electrons. The molecule has 3 aliphatic rings. The number of rotatable bonds is 7. The standard InChI is InChI=1S/C31H28N4O4/c1-19-26(29(37)18-34-22-12-13-27(34)28(36)16-22)15-23(35(19)21-10-8-20(17-32)9-11-21)5-4-14-33-30(38)24-6-2-3-7-25(24)31(33)39/h2-11,15,22,27-28,36H,12-14,16,18H2,1H3/b5-4+/t22?,27?,28-/m0/s1. The van der Waals surface area contributed by atoms with Gasteiger partial charge in [-0.05, 0) is 74.7 Å². The zero-order valence-electron chi connectivity index (χ0n) is 21.6. The highest BCUT2D eigenvalue weighted by Gasteiger charge is 2.46. The van der Waals surface area contributed by atoms with Crippen LogP contribution in [0.3, 0.4) is 0 Å². The lowest BCUT2D eigenvalue weighted by atomic mass is 9.98. The second-order valence-electron chi connectivity index (χ2n) is 10.4. The number of carbonyl (C=O) groups excluding carboxylic acids is 3. The normalized spacial score (nSPS) is 22.2. The van der Waals surface area contributed by atoms with Crippen molar-refractivity contribution in [3.63, 3.8) is 0 Å². The van der Waals surface area contributed by atoms with Crippen molar-refractivity contribution < 1.29 is 19.5 Å². The smallest absolute Gasteiger partial charge is 0.261 e. The molecule has 0 spiro atoms. The molecule has 8 heteroatoms. The summed E-state index contributed by atoms with van der Waals surface area (Å²) in [5.74, 6) is -0.657. The highest BCUT2D eigenvalue weighted by atomic mass is 16.3. The molecule has 4 heterocycles. The fourth-order valence-electron chi connectivity index (χ4n) is 6.31. The third-order valence-electron chi connectivity index (χ3n) is 8.26. The van der Waals surface area contributed by atoms with Gasteiger partial charge >= 0.3 is 0 Å². The van der Waals surface area contributed by atoms with Crippen molar-refractivity contribution in [2.75, 3.05) is 13.1 Å². The van der Waals surface area contributed by atoms with Crippen LogP contribution in [0.2, 0.25) is 0 Å². The van der Waals surface area contributed by atoms with Crippen LogP contribution in [0, 0.1) is 18.3 Å². The number of amides is 2. The average molecular weight is 521 g/mol. The molecule has 39 heavy (non-hydrogen) atoms.